The van der Waals surface area contributed by atoms with Gasteiger partial charge in [0.2, 0.25) is 0 Å². The van der Waals surface area contributed by atoms with Gasteiger partial charge in [0.1, 0.15) is 5.75 Å². The molecule has 5 heteroatoms. The van der Waals surface area contributed by atoms with E-state index in [1.54, 1.807) is 6.07 Å². The number of phenolic OH excluding ortho intramolecular Hbond substituents is 1. The van der Waals surface area contributed by atoms with Crippen LogP contribution in [-0.4, -0.2) is 42.2 Å². The summed E-state index contributed by atoms with van der Waals surface area (Å²) in [7, 11) is 0. The van der Waals surface area contributed by atoms with E-state index in [2.05, 4.69) is 16.3 Å². The molecule has 0 amide bonds. The Morgan fingerprint density at radius 3 is 2.19 bits per heavy atom. The maximum Gasteiger partial charge on any atom is 0.115 e. The van der Waals surface area contributed by atoms with E-state index < -0.39 is 0 Å². The Morgan fingerprint density at radius 2 is 1.58 bits per heavy atom. The lowest BCUT2D eigenvalue weighted by molar-refractivity contribution is 0.0533. The van der Waals surface area contributed by atoms with Crippen LogP contribution in [0.4, 0.5) is 0 Å². The minimum absolute atomic E-state index is 0. The Balaban J connectivity index is 0.00000121. The fraction of sp³-hybridized carbons (Fsp3) is 0.714. The molecular weight excluding hydrogens is 367 g/mol. The second-order valence-electron chi connectivity index (χ2n) is 8.39. The molecule has 148 valence electrons. The largest absolute Gasteiger partial charge is 0.508 e. The second kappa shape index (κ2) is 9.64. The van der Waals surface area contributed by atoms with Crippen molar-refractivity contribution in [1.82, 2.24) is 10.2 Å². The molecular formula is C21H34Cl2N2O. The van der Waals surface area contributed by atoms with Gasteiger partial charge in [-0.15, -0.1) is 24.8 Å². The molecule has 3 fully saturated rings. The van der Waals surface area contributed by atoms with Crippen LogP contribution in [0.3, 0.4) is 0 Å². The zero-order chi connectivity index (χ0) is 16.4. The van der Waals surface area contributed by atoms with Crippen molar-refractivity contribution in [2.24, 2.45) is 5.41 Å². The van der Waals surface area contributed by atoms with Gasteiger partial charge in [-0.1, -0.05) is 12.1 Å². The molecule has 2 saturated heterocycles. The molecule has 1 aromatic carbocycles. The summed E-state index contributed by atoms with van der Waals surface area (Å²) in [6.07, 6.45) is 11.0. The topological polar surface area (TPSA) is 35.5 Å². The highest BCUT2D eigenvalue weighted by molar-refractivity contribution is 5.85. The third-order valence-electron chi connectivity index (χ3n) is 7.07. The van der Waals surface area contributed by atoms with Gasteiger partial charge in [0, 0.05) is 6.04 Å². The lowest BCUT2D eigenvalue weighted by atomic mass is 9.67. The van der Waals surface area contributed by atoms with E-state index in [-0.39, 0.29) is 24.8 Å². The van der Waals surface area contributed by atoms with Crippen LogP contribution < -0.4 is 5.32 Å². The summed E-state index contributed by atoms with van der Waals surface area (Å²) in [5.41, 5.74) is 2.01. The van der Waals surface area contributed by atoms with E-state index in [0.717, 1.165) is 6.04 Å². The predicted molar refractivity (Wildman–Crippen MR) is 113 cm³/mol. The molecule has 1 aliphatic carbocycles. The molecule has 2 aliphatic heterocycles. The van der Waals surface area contributed by atoms with Gasteiger partial charge in [0.05, 0.1) is 0 Å². The maximum atomic E-state index is 9.71. The summed E-state index contributed by atoms with van der Waals surface area (Å²) in [5, 5.41) is 13.2. The van der Waals surface area contributed by atoms with Gasteiger partial charge in [0.25, 0.3) is 0 Å². The monoisotopic (exact) mass is 400 g/mol. The number of piperidine rings is 2. The van der Waals surface area contributed by atoms with Crippen molar-refractivity contribution in [3.8, 4) is 5.75 Å². The molecule has 1 spiro atoms. The summed E-state index contributed by atoms with van der Waals surface area (Å²) in [6, 6.07) is 8.73. The molecule has 2 N–H and O–H groups in total. The average Bonchev–Trinajstić information content (AvgIpc) is 2.63. The van der Waals surface area contributed by atoms with Crippen molar-refractivity contribution in [3.05, 3.63) is 29.8 Å². The predicted octanol–water partition coefficient (Wildman–Crippen LogP) is 4.73. The lowest BCUT2D eigenvalue weighted by Gasteiger charge is -2.47. The van der Waals surface area contributed by atoms with Crippen LogP contribution in [0.5, 0.6) is 5.75 Å². The number of halogens is 2. The number of phenols is 1. The molecule has 0 unspecified atom stereocenters. The molecule has 0 aromatic heterocycles. The SMILES string of the molecule is Cl.Cl.Oc1cccc(C2CCN(C3CCC4(CCNCC4)CC3)CC2)c1. The summed E-state index contributed by atoms with van der Waals surface area (Å²) in [4.78, 5) is 2.77. The lowest BCUT2D eigenvalue weighted by Crippen LogP contribution is -2.46. The van der Waals surface area contributed by atoms with E-state index >= 15 is 0 Å². The molecule has 0 bridgehead atoms. The maximum absolute atomic E-state index is 9.71. The van der Waals surface area contributed by atoms with Crippen LogP contribution in [0.25, 0.3) is 0 Å². The van der Waals surface area contributed by atoms with Crippen LogP contribution in [0.1, 0.15) is 62.8 Å². The summed E-state index contributed by atoms with van der Waals surface area (Å²) >= 11 is 0. The zero-order valence-corrected chi connectivity index (χ0v) is 17.3. The number of aromatic hydroxyl groups is 1. The Kier molecular flexibility index (Phi) is 8.08. The molecule has 0 atom stereocenters. The van der Waals surface area contributed by atoms with Crippen LogP contribution in [0.2, 0.25) is 0 Å². The molecule has 2 heterocycles. The first-order chi connectivity index (χ1) is 11.7. The number of likely N-dealkylation sites (tertiary alicyclic amines) is 1. The fourth-order valence-electron chi connectivity index (χ4n) is 5.41. The normalized spacial score (nSPS) is 24.6. The third-order valence-corrected chi connectivity index (χ3v) is 7.07. The van der Waals surface area contributed by atoms with Crippen molar-refractivity contribution in [2.45, 2.75) is 63.3 Å². The Hall–Kier alpha value is -0.480. The zero-order valence-electron chi connectivity index (χ0n) is 15.7. The molecule has 3 aliphatic rings. The molecule has 1 saturated carbocycles. The molecule has 26 heavy (non-hydrogen) atoms. The van der Waals surface area contributed by atoms with Gasteiger partial charge >= 0.3 is 0 Å². The van der Waals surface area contributed by atoms with E-state index in [1.807, 2.05) is 12.1 Å². The first-order valence-corrected chi connectivity index (χ1v) is 9.98. The fourth-order valence-corrected chi connectivity index (χ4v) is 5.41. The number of nitrogens with zero attached hydrogens (tertiary/aromatic N) is 1. The van der Waals surface area contributed by atoms with Crippen molar-refractivity contribution in [2.75, 3.05) is 26.2 Å². The van der Waals surface area contributed by atoms with Crippen molar-refractivity contribution >= 4 is 24.8 Å². The Labute approximate surface area is 170 Å². The quantitative estimate of drug-likeness (QED) is 0.752. The minimum atomic E-state index is 0. The average molecular weight is 401 g/mol. The number of hydrogen-bond donors (Lipinski definition) is 2. The molecule has 0 radical (unpaired) electrons. The molecule has 3 nitrogen and oxygen atoms in total. The van der Waals surface area contributed by atoms with Crippen molar-refractivity contribution in [1.29, 1.82) is 0 Å². The standard InChI is InChI=1S/C21H32N2O.2ClH/c24-20-3-1-2-18(16-20)17-6-14-23(15-7-17)19-4-8-21(9-5-19)10-12-22-13-11-21;;/h1-3,16-17,19,22,24H,4-15H2;2*1H. The number of rotatable bonds is 2. The highest BCUT2D eigenvalue weighted by atomic mass is 35.5. The first-order valence-electron chi connectivity index (χ1n) is 9.98. The van der Waals surface area contributed by atoms with Crippen LogP contribution in [-0.2, 0) is 0 Å². The van der Waals surface area contributed by atoms with Gasteiger partial charge in [-0.2, -0.15) is 0 Å². The highest BCUT2D eigenvalue weighted by Gasteiger charge is 2.38. The number of nitrogens with one attached hydrogen (secondary N) is 1. The second-order valence-corrected chi connectivity index (χ2v) is 8.39. The minimum Gasteiger partial charge on any atom is -0.508 e. The van der Waals surface area contributed by atoms with Crippen LogP contribution >= 0.6 is 24.8 Å². The van der Waals surface area contributed by atoms with Gasteiger partial charge in [-0.3, -0.25) is 0 Å². The summed E-state index contributed by atoms with van der Waals surface area (Å²) in [5.74, 6) is 1.04. The first kappa shape index (κ1) is 21.8. The van der Waals surface area contributed by atoms with Crippen LogP contribution in [0, 0.1) is 5.41 Å². The van der Waals surface area contributed by atoms with E-state index in [4.69, 9.17) is 0 Å². The number of hydrogen-bond acceptors (Lipinski definition) is 3. The summed E-state index contributed by atoms with van der Waals surface area (Å²) in [6.45, 7) is 4.94. The van der Waals surface area contributed by atoms with Crippen molar-refractivity contribution < 1.29 is 5.11 Å². The summed E-state index contributed by atoms with van der Waals surface area (Å²) < 4.78 is 0. The molecule has 1 aromatic rings. The van der Waals surface area contributed by atoms with Gasteiger partial charge in [-0.05, 0) is 107 Å². The van der Waals surface area contributed by atoms with Gasteiger partial charge in [-0.25, -0.2) is 0 Å². The van der Waals surface area contributed by atoms with Gasteiger partial charge in [0.15, 0.2) is 0 Å². The van der Waals surface area contributed by atoms with Crippen molar-refractivity contribution in [3.63, 3.8) is 0 Å². The van der Waals surface area contributed by atoms with Crippen LogP contribution in [0.15, 0.2) is 24.3 Å². The number of benzene rings is 1. The van der Waals surface area contributed by atoms with E-state index in [0.29, 0.717) is 17.1 Å². The highest BCUT2D eigenvalue weighted by Crippen LogP contribution is 2.45. The van der Waals surface area contributed by atoms with E-state index in [9.17, 15) is 5.11 Å². The molecule has 4 rings (SSSR count). The smallest absolute Gasteiger partial charge is 0.115 e. The third kappa shape index (κ3) is 4.86. The Morgan fingerprint density at radius 1 is 0.923 bits per heavy atom. The Bertz CT molecular complexity index is 545. The van der Waals surface area contributed by atoms with E-state index in [1.165, 1.54) is 83.1 Å². The van der Waals surface area contributed by atoms with Gasteiger partial charge < -0.3 is 15.3 Å².